The van der Waals surface area contributed by atoms with Crippen LogP contribution in [0.5, 0.6) is 0 Å². The van der Waals surface area contributed by atoms with Gasteiger partial charge in [-0.2, -0.15) is 4.98 Å². The number of nitrogens with two attached hydrogens (primary N) is 1. The Balaban J connectivity index is 1.85. The van der Waals surface area contributed by atoms with Gasteiger partial charge in [-0.1, -0.05) is 41.9 Å². The fraction of sp³-hybridized carbons (Fsp3) is 0.500. The van der Waals surface area contributed by atoms with Gasteiger partial charge in [0.15, 0.2) is 0 Å². The molecule has 1 saturated carbocycles. The molecule has 1 heterocycles. The molecule has 3 unspecified atom stereocenters. The van der Waals surface area contributed by atoms with Crippen LogP contribution in [-0.2, 0) is 4.74 Å². The lowest BCUT2D eigenvalue weighted by atomic mass is 10.0. The fourth-order valence-corrected chi connectivity index (χ4v) is 2.91. The molecule has 2 N–H and O–H groups in total. The Morgan fingerprint density at radius 2 is 2.14 bits per heavy atom. The van der Waals surface area contributed by atoms with Crippen LogP contribution in [0.2, 0.25) is 0 Å². The lowest BCUT2D eigenvalue weighted by molar-refractivity contribution is 0.0833. The maximum Gasteiger partial charge on any atom is 0.231 e. The Morgan fingerprint density at radius 3 is 2.81 bits per heavy atom. The van der Waals surface area contributed by atoms with E-state index in [0.717, 1.165) is 24.8 Å². The Morgan fingerprint density at radius 1 is 1.33 bits per heavy atom. The molecular formula is C16H21N3O2. The first kappa shape index (κ1) is 14.2. The minimum atomic E-state index is -0.286. The van der Waals surface area contributed by atoms with Gasteiger partial charge in [-0.05, 0) is 25.3 Å². The van der Waals surface area contributed by atoms with Gasteiger partial charge in [-0.25, -0.2) is 0 Å². The molecule has 1 fully saturated rings. The summed E-state index contributed by atoms with van der Waals surface area (Å²) in [4.78, 5) is 4.56. The molecule has 21 heavy (non-hydrogen) atoms. The molecule has 1 aliphatic rings. The second-order valence-electron chi connectivity index (χ2n) is 5.44. The summed E-state index contributed by atoms with van der Waals surface area (Å²) in [5, 5.41) is 4.12. The van der Waals surface area contributed by atoms with Crippen molar-refractivity contribution in [2.75, 3.05) is 6.61 Å². The molecule has 0 saturated heterocycles. The second kappa shape index (κ2) is 6.37. The second-order valence-corrected chi connectivity index (χ2v) is 5.44. The van der Waals surface area contributed by atoms with E-state index in [2.05, 4.69) is 10.1 Å². The number of rotatable bonds is 5. The number of ether oxygens (including phenoxy) is 1. The van der Waals surface area contributed by atoms with Crippen LogP contribution in [0.25, 0.3) is 0 Å². The first-order chi connectivity index (χ1) is 10.3. The Hall–Kier alpha value is -1.72. The smallest absolute Gasteiger partial charge is 0.231 e. The SMILES string of the molecule is CCOC(c1ccccc1)c1noc(C2CCCC2N)n1. The molecule has 0 bridgehead atoms. The van der Waals surface area contributed by atoms with Crippen LogP contribution >= 0.6 is 0 Å². The van der Waals surface area contributed by atoms with Gasteiger partial charge < -0.3 is 15.0 Å². The van der Waals surface area contributed by atoms with Gasteiger partial charge in [0.25, 0.3) is 0 Å². The predicted octanol–water partition coefficient (Wildman–Crippen LogP) is 2.79. The average molecular weight is 287 g/mol. The number of hydrogen-bond acceptors (Lipinski definition) is 5. The predicted molar refractivity (Wildman–Crippen MR) is 78.8 cm³/mol. The van der Waals surface area contributed by atoms with Crippen molar-refractivity contribution in [3.63, 3.8) is 0 Å². The van der Waals surface area contributed by atoms with Gasteiger partial charge >= 0.3 is 0 Å². The highest BCUT2D eigenvalue weighted by atomic mass is 16.5. The highest BCUT2D eigenvalue weighted by Gasteiger charge is 2.31. The zero-order valence-corrected chi connectivity index (χ0v) is 12.2. The van der Waals surface area contributed by atoms with E-state index in [4.69, 9.17) is 15.0 Å². The maximum atomic E-state index is 6.11. The number of nitrogens with zero attached hydrogens (tertiary/aromatic N) is 2. The zero-order valence-electron chi connectivity index (χ0n) is 12.2. The summed E-state index contributed by atoms with van der Waals surface area (Å²) >= 11 is 0. The summed E-state index contributed by atoms with van der Waals surface area (Å²) in [6.45, 7) is 2.55. The van der Waals surface area contributed by atoms with E-state index >= 15 is 0 Å². The monoisotopic (exact) mass is 287 g/mol. The number of benzene rings is 1. The molecule has 112 valence electrons. The maximum absolute atomic E-state index is 6.11. The number of aromatic nitrogens is 2. The molecular weight excluding hydrogens is 266 g/mol. The van der Waals surface area contributed by atoms with E-state index in [1.807, 2.05) is 37.3 Å². The molecule has 5 nitrogen and oxygen atoms in total. The van der Waals surface area contributed by atoms with Crippen LogP contribution in [0.4, 0.5) is 0 Å². The van der Waals surface area contributed by atoms with Crippen molar-refractivity contribution in [1.29, 1.82) is 0 Å². The summed E-state index contributed by atoms with van der Waals surface area (Å²) in [7, 11) is 0. The van der Waals surface area contributed by atoms with E-state index in [-0.39, 0.29) is 18.1 Å². The van der Waals surface area contributed by atoms with Crippen molar-refractivity contribution < 1.29 is 9.26 Å². The summed E-state index contributed by atoms with van der Waals surface area (Å²) in [6, 6.07) is 10.1. The third-order valence-electron chi connectivity index (χ3n) is 4.01. The third-order valence-corrected chi connectivity index (χ3v) is 4.01. The Labute approximate surface area is 124 Å². The quantitative estimate of drug-likeness (QED) is 0.915. The van der Waals surface area contributed by atoms with Gasteiger partial charge in [0.2, 0.25) is 11.7 Å². The summed E-state index contributed by atoms with van der Waals surface area (Å²) in [5.74, 6) is 1.41. The third kappa shape index (κ3) is 2.99. The molecule has 0 aliphatic heterocycles. The highest BCUT2D eigenvalue weighted by Crippen LogP contribution is 2.33. The lowest BCUT2D eigenvalue weighted by Gasteiger charge is -2.13. The minimum Gasteiger partial charge on any atom is -0.366 e. The van der Waals surface area contributed by atoms with E-state index in [0.29, 0.717) is 18.3 Å². The Bertz CT molecular complexity index is 570. The van der Waals surface area contributed by atoms with E-state index in [9.17, 15) is 0 Å². The largest absolute Gasteiger partial charge is 0.366 e. The molecule has 2 aromatic rings. The van der Waals surface area contributed by atoms with Crippen molar-refractivity contribution >= 4 is 0 Å². The van der Waals surface area contributed by atoms with Crippen LogP contribution in [-0.4, -0.2) is 22.8 Å². The van der Waals surface area contributed by atoms with Crippen LogP contribution < -0.4 is 5.73 Å². The number of hydrogen-bond donors (Lipinski definition) is 1. The van der Waals surface area contributed by atoms with Crippen LogP contribution in [0.1, 0.15) is 55.5 Å². The van der Waals surface area contributed by atoms with Gasteiger partial charge in [-0.15, -0.1) is 0 Å². The van der Waals surface area contributed by atoms with Crippen LogP contribution in [0, 0.1) is 0 Å². The van der Waals surface area contributed by atoms with Crippen LogP contribution in [0.15, 0.2) is 34.9 Å². The average Bonchev–Trinajstić information content (AvgIpc) is 3.14. The zero-order chi connectivity index (χ0) is 14.7. The standard InChI is InChI=1S/C16H21N3O2/c1-2-20-14(11-7-4-3-5-8-11)15-18-16(21-19-15)12-9-6-10-13(12)17/h3-5,7-8,12-14H,2,6,9-10,17H2,1H3. The lowest BCUT2D eigenvalue weighted by Crippen LogP contribution is -2.23. The van der Waals surface area contributed by atoms with Crippen molar-refractivity contribution in [3.8, 4) is 0 Å². The molecule has 1 aromatic carbocycles. The van der Waals surface area contributed by atoms with Crippen LogP contribution in [0.3, 0.4) is 0 Å². The summed E-state index contributed by atoms with van der Waals surface area (Å²) in [5.41, 5.74) is 7.14. The molecule has 3 atom stereocenters. The summed E-state index contributed by atoms with van der Waals surface area (Å²) < 4.78 is 11.2. The molecule has 0 spiro atoms. The first-order valence-corrected chi connectivity index (χ1v) is 7.55. The molecule has 5 heteroatoms. The molecule has 0 radical (unpaired) electrons. The van der Waals surface area contributed by atoms with Gasteiger partial charge in [-0.3, -0.25) is 0 Å². The van der Waals surface area contributed by atoms with Crippen molar-refractivity contribution in [1.82, 2.24) is 10.1 Å². The minimum absolute atomic E-state index is 0.126. The highest BCUT2D eigenvalue weighted by molar-refractivity contribution is 5.23. The van der Waals surface area contributed by atoms with Crippen molar-refractivity contribution in [2.45, 2.75) is 44.2 Å². The molecule has 1 aromatic heterocycles. The topological polar surface area (TPSA) is 74.2 Å². The fourth-order valence-electron chi connectivity index (χ4n) is 2.91. The molecule has 1 aliphatic carbocycles. The first-order valence-electron chi connectivity index (χ1n) is 7.55. The van der Waals surface area contributed by atoms with E-state index in [1.54, 1.807) is 0 Å². The van der Waals surface area contributed by atoms with Crippen molar-refractivity contribution in [2.24, 2.45) is 5.73 Å². The molecule has 3 rings (SSSR count). The van der Waals surface area contributed by atoms with Gasteiger partial charge in [0.05, 0.1) is 5.92 Å². The summed E-state index contributed by atoms with van der Waals surface area (Å²) in [6.07, 6.45) is 2.88. The normalized spacial score (nSPS) is 23.3. The van der Waals surface area contributed by atoms with E-state index < -0.39 is 0 Å². The van der Waals surface area contributed by atoms with Gasteiger partial charge in [0, 0.05) is 12.6 Å². The molecule has 0 amide bonds. The van der Waals surface area contributed by atoms with Crippen molar-refractivity contribution in [3.05, 3.63) is 47.6 Å². The van der Waals surface area contributed by atoms with E-state index in [1.165, 1.54) is 0 Å². The van der Waals surface area contributed by atoms with Gasteiger partial charge in [0.1, 0.15) is 6.10 Å². The Kier molecular flexibility index (Phi) is 4.31.